The molecule has 4 rings (SSSR count). The van der Waals surface area contributed by atoms with Gasteiger partial charge in [-0.25, -0.2) is 9.78 Å². The van der Waals surface area contributed by atoms with Crippen molar-refractivity contribution < 1.29 is 14.3 Å². The molecular weight excluding hydrogens is 378 g/mol. The predicted octanol–water partition coefficient (Wildman–Crippen LogP) is 4.08. The second-order valence-electron chi connectivity index (χ2n) is 5.82. The lowest BCUT2D eigenvalue weighted by molar-refractivity contribution is 0.415. The van der Waals surface area contributed by atoms with Crippen molar-refractivity contribution in [3.8, 4) is 22.8 Å². The van der Waals surface area contributed by atoms with Crippen LogP contribution in [0.4, 0.5) is 5.13 Å². The summed E-state index contributed by atoms with van der Waals surface area (Å²) in [6, 6.07) is 13.8. The fourth-order valence-electron chi connectivity index (χ4n) is 2.61. The van der Waals surface area contributed by atoms with E-state index in [1.807, 2.05) is 0 Å². The number of aromatic hydroxyl groups is 1. The van der Waals surface area contributed by atoms with E-state index in [1.165, 1.54) is 17.6 Å². The Morgan fingerprint density at radius 1 is 1.25 bits per heavy atom. The number of aromatic nitrogens is 1. The van der Waals surface area contributed by atoms with Gasteiger partial charge in [0.25, 0.3) is 0 Å². The lowest BCUT2D eigenvalue weighted by atomic mass is 10.1. The van der Waals surface area contributed by atoms with Gasteiger partial charge in [-0.1, -0.05) is 12.1 Å². The number of phenols is 1. The van der Waals surface area contributed by atoms with Gasteiger partial charge in [-0.05, 0) is 36.4 Å². The van der Waals surface area contributed by atoms with Gasteiger partial charge in [0.05, 0.1) is 24.6 Å². The van der Waals surface area contributed by atoms with Crippen LogP contribution in [0.2, 0.25) is 0 Å². The third kappa shape index (κ3) is 3.58. The van der Waals surface area contributed by atoms with E-state index in [1.54, 1.807) is 61.0 Å². The maximum Gasteiger partial charge on any atom is 0.345 e. The second-order valence-corrected chi connectivity index (χ2v) is 6.68. The van der Waals surface area contributed by atoms with Crippen LogP contribution in [0.1, 0.15) is 5.56 Å². The van der Waals surface area contributed by atoms with Gasteiger partial charge in [0.2, 0.25) is 5.13 Å². The molecule has 0 aliphatic heterocycles. The fourth-order valence-corrected chi connectivity index (χ4v) is 3.27. The number of hydrogen-bond acceptors (Lipinski definition) is 8. The molecule has 8 heteroatoms. The average molecular weight is 393 g/mol. The lowest BCUT2D eigenvalue weighted by Gasteiger charge is -2.03. The summed E-state index contributed by atoms with van der Waals surface area (Å²) in [5.74, 6) is 0.809. The number of thiazole rings is 1. The number of methoxy groups -OCH3 is 1. The molecule has 0 aliphatic carbocycles. The molecule has 0 unspecified atom stereocenters. The van der Waals surface area contributed by atoms with Crippen LogP contribution in [0.15, 0.2) is 68.2 Å². The summed E-state index contributed by atoms with van der Waals surface area (Å²) in [6.45, 7) is 0. The second kappa shape index (κ2) is 7.53. The largest absolute Gasteiger partial charge is 0.507 e. The molecule has 2 N–H and O–H groups in total. The maximum absolute atomic E-state index is 12.3. The minimum atomic E-state index is -0.466. The van der Waals surface area contributed by atoms with Gasteiger partial charge in [-0.3, -0.25) is 5.43 Å². The summed E-state index contributed by atoms with van der Waals surface area (Å²) in [6.07, 6.45) is 1.49. The highest BCUT2D eigenvalue weighted by molar-refractivity contribution is 7.14. The molecule has 28 heavy (non-hydrogen) atoms. The van der Waals surface area contributed by atoms with Gasteiger partial charge in [0.1, 0.15) is 17.1 Å². The zero-order valence-electron chi connectivity index (χ0n) is 14.7. The van der Waals surface area contributed by atoms with Crippen molar-refractivity contribution in [3.63, 3.8) is 0 Å². The van der Waals surface area contributed by atoms with Crippen molar-refractivity contribution in [2.75, 3.05) is 12.5 Å². The molecule has 7 nitrogen and oxygen atoms in total. The Morgan fingerprint density at radius 3 is 2.93 bits per heavy atom. The predicted molar refractivity (Wildman–Crippen MR) is 109 cm³/mol. The third-order valence-corrected chi connectivity index (χ3v) is 4.77. The number of para-hydroxylation sites is 1. The van der Waals surface area contributed by atoms with Crippen LogP contribution in [-0.4, -0.2) is 23.4 Å². The number of ether oxygens (including phenoxy) is 1. The van der Waals surface area contributed by atoms with E-state index in [0.717, 1.165) is 5.39 Å². The molecule has 0 fully saturated rings. The summed E-state index contributed by atoms with van der Waals surface area (Å²) in [4.78, 5) is 16.7. The molecule has 2 aromatic heterocycles. The van der Waals surface area contributed by atoms with Gasteiger partial charge >= 0.3 is 5.63 Å². The molecule has 0 saturated heterocycles. The molecule has 0 amide bonds. The quantitative estimate of drug-likeness (QED) is 0.301. The normalized spacial score (nSPS) is 11.2. The van der Waals surface area contributed by atoms with Gasteiger partial charge in [-0.15, -0.1) is 11.3 Å². The zero-order chi connectivity index (χ0) is 19.5. The first-order valence-corrected chi connectivity index (χ1v) is 9.17. The number of hydrazone groups is 1. The number of benzene rings is 2. The zero-order valence-corrected chi connectivity index (χ0v) is 15.6. The highest BCUT2D eigenvalue weighted by Gasteiger charge is 2.12. The van der Waals surface area contributed by atoms with Crippen LogP contribution in [0.5, 0.6) is 11.5 Å². The molecule has 0 radical (unpaired) electrons. The van der Waals surface area contributed by atoms with Crippen LogP contribution in [-0.2, 0) is 0 Å². The van der Waals surface area contributed by atoms with Crippen molar-refractivity contribution in [2.24, 2.45) is 5.10 Å². The van der Waals surface area contributed by atoms with E-state index < -0.39 is 5.63 Å². The van der Waals surface area contributed by atoms with E-state index >= 15 is 0 Å². The standard InChI is InChI=1S/C20H15N3O4S/c1-26-14-6-7-18-13(8-14)9-15(19(25)27-18)16-11-28-20(22-16)23-21-10-12-4-2-3-5-17(12)24/h2-11,24H,1H3,(H,22,23)/b21-10+. The van der Waals surface area contributed by atoms with Crippen LogP contribution in [0.25, 0.3) is 22.2 Å². The van der Waals surface area contributed by atoms with Crippen molar-refractivity contribution in [1.29, 1.82) is 0 Å². The van der Waals surface area contributed by atoms with Crippen molar-refractivity contribution in [2.45, 2.75) is 0 Å². The van der Waals surface area contributed by atoms with Crippen molar-refractivity contribution in [3.05, 3.63) is 69.9 Å². The smallest absolute Gasteiger partial charge is 0.345 e. The Labute approximate surface area is 163 Å². The number of phenolic OH excluding ortho intramolecular Hbond substituents is 1. The number of rotatable bonds is 5. The molecule has 4 aromatic rings. The molecule has 0 spiro atoms. The highest BCUT2D eigenvalue weighted by Crippen LogP contribution is 2.27. The number of nitrogens with zero attached hydrogens (tertiary/aromatic N) is 2. The van der Waals surface area contributed by atoms with Crippen LogP contribution >= 0.6 is 11.3 Å². The van der Waals surface area contributed by atoms with E-state index in [0.29, 0.717) is 33.3 Å². The van der Waals surface area contributed by atoms with Crippen molar-refractivity contribution in [1.82, 2.24) is 4.98 Å². The molecule has 0 atom stereocenters. The summed E-state index contributed by atoms with van der Waals surface area (Å²) in [7, 11) is 1.58. The highest BCUT2D eigenvalue weighted by atomic mass is 32.1. The topological polar surface area (TPSA) is 97.0 Å². The number of nitrogens with one attached hydrogen (secondary N) is 1. The molecule has 140 valence electrons. The maximum atomic E-state index is 12.3. The molecule has 2 heterocycles. The van der Waals surface area contributed by atoms with Crippen LogP contribution in [0, 0.1) is 0 Å². The van der Waals surface area contributed by atoms with E-state index in [-0.39, 0.29) is 5.75 Å². The number of hydrogen-bond donors (Lipinski definition) is 2. The van der Waals surface area contributed by atoms with Crippen molar-refractivity contribution >= 4 is 33.7 Å². The minimum Gasteiger partial charge on any atom is -0.507 e. The minimum absolute atomic E-state index is 0.136. The summed E-state index contributed by atoms with van der Waals surface area (Å²) >= 11 is 1.30. The van der Waals surface area contributed by atoms with Crippen LogP contribution in [0.3, 0.4) is 0 Å². The van der Waals surface area contributed by atoms with E-state index in [2.05, 4.69) is 15.5 Å². The molecule has 2 aromatic carbocycles. The first-order valence-electron chi connectivity index (χ1n) is 8.29. The number of anilines is 1. The van der Waals surface area contributed by atoms with Gasteiger partial charge in [-0.2, -0.15) is 5.10 Å². The summed E-state index contributed by atoms with van der Waals surface area (Å²) in [5.41, 5.74) is 4.24. The molecular formula is C20H15N3O4S. The Morgan fingerprint density at radius 2 is 2.11 bits per heavy atom. The number of fused-ring (bicyclic) bond motifs is 1. The Balaban J connectivity index is 1.59. The summed E-state index contributed by atoms with van der Waals surface area (Å²) in [5, 5.41) is 16.8. The van der Waals surface area contributed by atoms with Crippen LogP contribution < -0.4 is 15.8 Å². The van der Waals surface area contributed by atoms with Gasteiger partial charge in [0.15, 0.2) is 0 Å². The van der Waals surface area contributed by atoms with Gasteiger partial charge < -0.3 is 14.3 Å². The lowest BCUT2D eigenvalue weighted by Crippen LogP contribution is -2.03. The SMILES string of the molecule is COc1ccc2oc(=O)c(-c3csc(N/N=C/c4ccccc4O)n3)cc2c1. The molecule has 0 aliphatic rings. The Bertz CT molecular complexity index is 1230. The average Bonchev–Trinajstić information content (AvgIpc) is 3.17. The summed E-state index contributed by atoms with van der Waals surface area (Å²) < 4.78 is 10.6. The first kappa shape index (κ1) is 17.7. The monoisotopic (exact) mass is 393 g/mol. The molecule has 0 saturated carbocycles. The Kier molecular flexibility index (Phi) is 4.77. The molecule has 0 bridgehead atoms. The van der Waals surface area contributed by atoms with Gasteiger partial charge in [0, 0.05) is 16.3 Å². The fraction of sp³-hybridized carbons (Fsp3) is 0.0500. The van der Waals surface area contributed by atoms with E-state index in [4.69, 9.17) is 9.15 Å². The van der Waals surface area contributed by atoms with E-state index in [9.17, 15) is 9.90 Å². The first-order chi connectivity index (χ1) is 13.6. The Hall–Kier alpha value is -3.65. The third-order valence-electron chi connectivity index (χ3n) is 4.02.